The Balaban J connectivity index is 0. The molecule has 0 aromatic carbocycles. The summed E-state index contributed by atoms with van der Waals surface area (Å²) < 4.78 is 10.2. The fourth-order valence-electron chi connectivity index (χ4n) is 0. The van der Waals surface area contributed by atoms with Gasteiger partial charge in [0, 0.05) is 0 Å². The molecular formula is C3H11IOS+2. The molecule has 3 heteroatoms. The van der Waals surface area contributed by atoms with Crippen LogP contribution in [-0.2, 0) is 14.1 Å². The summed E-state index contributed by atoms with van der Waals surface area (Å²) >= 11 is 0. The van der Waals surface area contributed by atoms with E-state index in [1.165, 1.54) is 0 Å². The van der Waals surface area contributed by atoms with Gasteiger partial charge in [-0.25, -0.2) is 0 Å². The van der Waals surface area contributed by atoms with Gasteiger partial charge in [0.15, 0.2) is 0 Å². The zero-order chi connectivity index (χ0) is 4.50. The second-order valence-electron chi connectivity index (χ2n) is 1.72. The van der Waals surface area contributed by atoms with E-state index in [0.29, 0.717) is 0 Å². The molecule has 1 nitrogen and oxygen atoms in total. The summed E-state index contributed by atoms with van der Waals surface area (Å²) in [5.74, 6) is 0. The smallest absolute Gasteiger partial charge is 0.107 e. The van der Waals surface area contributed by atoms with Crippen LogP contribution in [-0.4, -0.2) is 18.8 Å². The number of halogens is 1. The molecule has 0 spiro atoms. The van der Waals surface area contributed by atoms with Gasteiger partial charge in [0.1, 0.15) is 18.8 Å². The Kier molecular flexibility index (Phi) is 4.92. The van der Waals surface area contributed by atoms with Crippen molar-refractivity contribution in [1.29, 1.82) is 0 Å². The minimum Gasteiger partial charge on any atom is -0.107 e. The van der Waals surface area contributed by atoms with Crippen LogP contribution in [0.1, 0.15) is 0 Å². The van der Waals surface area contributed by atoms with Gasteiger partial charge in [-0.2, -0.15) is 0 Å². The molecule has 6 heavy (non-hydrogen) atoms. The van der Waals surface area contributed by atoms with Gasteiger partial charge in [0.05, 0.1) is 9.93 Å². The van der Waals surface area contributed by atoms with E-state index in [1.807, 2.05) is 0 Å². The molecule has 0 heterocycles. The quantitative estimate of drug-likeness (QED) is 0.312. The van der Waals surface area contributed by atoms with Gasteiger partial charge >= 0.3 is 0 Å². The van der Waals surface area contributed by atoms with Gasteiger partial charge in [-0.1, -0.05) is 0 Å². The molecule has 0 aliphatic heterocycles. The number of rotatable bonds is 0. The molecule has 0 amide bonds. The Bertz CT molecular complexity index is 56.9. The first-order valence-electron chi connectivity index (χ1n) is 1.39. The third kappa shape index (κ3) is 94.9. The Morgan fingerprint density at radius 2 is 1.17 bits per heavy atom. The van der Waals surface area contributed by atoms with Crippen molar-refractivity contribution in [3.63, 3.8) is 0 Å². The normalized spacial score (nSPS) is 9.83. The Morgan fingerprint density at radius 3 is 1.17 bits per heavy atom. The molecule has 0 aromatic heterocycles. The van der Waals surface area contributed by atoms with Gasteiger partial charge < -0.3 is 0 Å². The van der Waals surface area contributed by atoms with Crippen molar-refractivity contribution in [1.82, 2.24) is 0 Å². The van der Waals surface area contributed by atoms with Crippen molar-refractivity contribution < 1.29 is 28.2 Å². The maximum absolute atomic E-state index is 10.2. The van der Waals surface area contributed by atoms with Crippen molar-refractivity contribution in [2.75, 3.05) is 18.8 Å². The van der Waals surface area contributed by atoms with E-state index in [1.54, 1.807) is 18.8 Å². The highest BCUT2D eigenvalue weighted by atomic mass is 127. The standard InChI is InChI=1S/C3H9OS.H2I/c1-5(2,3)4;/h1-3H3;1H2/q2*+1. The van der Waals surface area contributed by atoms with E-state index in [0.717, 1.165) is 0 Å². The summed E-state index contributed by atoms with van der Waals surface area (Å²) in [5.41, 5.74) is 0. The Morgan fingerprint density at radius 1 is 1.17 bits per heavy atom. The van der Waals surface area contributed by atoms with Gasteiger partial charge in [-0.05, 0) is 0 Å². The lowest BCUT2D eigenvalue weighted by Gasteiger charge is -1.80. The molecular weight excluding hydrogens is 211 g/mol. The van der Waals surface area contributed by atoms with Crippen LogP contribution in [0.3, 0.4) is 0 Å². The zero-order valence-corrected chi connectivity index (χ0v) is 7.63. The van der Waals surface area contributed by atoms with Crippen molar-refractivity contribution in [3.8, 4) is 0 Å². The maximum Gasteiger partial charge on any atom is 0.235 e. The summed E-state index contributed by atoms with van der Waals surface area (Å²) in [6.45, 7) is 0. The van der Waals surface area contributed by atoms with Crippen LogP contribution in [0, 0.1) is 0 Å². The highest BCUT2D eigenvalue weighted by Crippen LogP contribution is 1.78. The second-order valence-corrected chi connectivity index (χ2v) is 5.17. The Labute approximate surface area is 57.0 Å². The fourth-order valence-corrected chi connectivity index (χ4v) is 0. The molecule has 0 aliphatic rings. The number of hydrogen-bond acceptors (Lipinski definition) is 1. The fraction of sp³-hybridized carbons (Fsp3) is 1.00. The van der Waals surface area contributed by atoms with Crippen LogP contribution in [0.5, 0.6) is 0 Å². The highest BCUT2D eigenvalue weighted by Gasteiger charge is 1.95. The van der Waals surface area contributed by atoms with E-state index in [-0.39, 0.29) is 24.0 Å². The first-order chi connectivity index (χ1) is 2.00. The molecule has 0 aliphatic carbocycles. The molecule has 0 fully saturated rings. The molecule has 0 unspecified atom stereocenters. The van der Waals surface area contributed by atoms with Crippen LogP contribution in [0.4, 0.5) is 0 Å². The largest absolute Gasteiger partial charge is 0.235 e. The van der Waals surface area contributed by atoms with E-state index in [9.17, 15) is 4.21 Å². The van der Waals surface area contributed by atoms with Crippen molar-refractivity contribution in [3.05, 3.63) is 0 Å². The second kappa shape index (κ2) is 2.96. The molecule has 0 saturated carbocycles. The average molecular weight is 222 g/mol. The highest BCUT2D eigenvalue weighted by molar-refractivity contribution is 8.00. The lowest BCUT2D eigenvalue weighted by atomic mass is 11.9. The average Bonchev–Trinajstić information content (AvgIpc) is 0.722. The van der Waals surface area contributed by atoms with Gasteiger partial charge in [0.2, 0.25) is 24.0 Å². The summed E-state index contributed by atoms with van der Waals surface area (Å²) in [4.78, 5) is 0. The minimum absolute atomic E-state index is 0. The number of hydrogen-bond donors (Lipinski definition) is 0. The molecule has 0 bridgehead atoms. The van der Waals surface area contributed by atoms with Crippen LogP contribution in [0.15, 0.2) is 0 Å². The molecule has 40 valence electrons. The van der Waals surface area contributed by atoms with Crippen LogP contribution in [0.25, 0.3) is 0 Å². The van der Waals surface area contributed by atoms with E-state index >= 15 is 0 Å². The van der Waals surface area contributed by atoms with Gasteiger partial charge in [0.25, 0.3) is 0 Å². The monoisotopic (exact) mass is 222 g/mol. The third-order valence-corrected chi connectivity index (χ3v) is 0. The zero-order valence-electron chi connectivity index (χ0n) is 4.26. The van der Waals surface area contributed by atoms with Crippen LogP contribution in [0.2, 0.25) is 0 Å². The summed E-state index contributed by atoms with van der Waals surface area (Å²) in [6.07, 6.45) is 5.15. The third-order valence-electron chi connectivity index (χ3n) is 0. The van der Waals surface area contributed by atoms with Crippen LogP contribution >= 0.6 is 0 Å². The van der Waals surface area contributed by atoms with E-state index in [2.05, 4.69) is 0 Å². The lowest BCUT2D eigenvalue weighted by molar-refractivity contribution is -0.00000277. The van der Waals surface area contributed by atoms with Crippen molar-refractivity contribution in [2.24, 2.45) is 0 Å². The Hall–Kier alpha value is 0.880. The van der Waals surface area contributed by atoms with Gasteiger partial charge in [-0.3, -0.25) is 0 Å². The SMILES string of the molecule is C[S+](C)(C)=O.[IH2+]. The summed E-state index contributed by atoms with van der Waals surface area (Å²) in [7, 11) is -1.42. The predicted octanol–water partition coefficient (Wildman–Crippen LogP) is -3.16. The first-order valence-corrected chi connectivity index (χ1v) is 4.17. The van der Waals surface area contributed by atoms with E-state index in [4.69, 9.17) is 0 Å². The molecule has 0 atom stereocenters. The predicted molar refractivity (Wildman–Crippen MR) is 28.6 cm³/mol. The van der Waals surface area contributed by atoms with Crippen LogP contribution < -0.4 is 24.0 Å². The molecule has 0 saturated heterocycles. The van der Waals surface area contributed by atoms with Crippen molar-refractivity contribution in [2.45, 2.75) is 0 Å². The van der Waals surface area contributed by atoms with Gasteiger partial charge in [-0.15, -0.1) is 4.21 Å². The lowest BCUT2D eigenvalue weighted by Crippen LogP contribution is -3.00. The molecule has 0 rings (SSSR count). The topological polar surface area (TPSA) is 17.1 Å². The first kappa shape index (κ1) is 9.99. The minimum atomic E-state index is -1.42. The maximum atomic E-state index is 10.2. The summed E-state index contributed by atoms with van der Waals surface area (Å²) in [6, 6.07) is 0. The summed E-state index contributed by atoms with van der Waals surface area (Å²) in [5, 5.41) is 0. The molecule has 0 aromatic rings. The van der Waals surface area contributed by atoms with E-state index < -0.39 is 9.93 Å². The molecule has 0 radical (unpaired) electrons. The molecule has 0 N–H and O–H groups in total. The van der Waals surface area contributed by atoms with Crippen molar-refractivity contribution >= 4 is 9.93 Å².